The van der Waals surface area contributed by atoms with E-state index < -0.39 is 30.0 Å². The van der Waals surface area contributed by atoms with Gasteiger partial charge in [0.1, 0.15) is 11.3 Å². The summed E-state index contributed by atoms with van der Waals surface area (Å²) in [6.45, 7) is 6.05. The fourth-order valence-corrected chi connectivity index (χ4v) is 3.60. The third-order valence-electron chi connectivity index (χ3n) is 4.13. The Hall–Kier alpha value is -3.77. The molecule has 3 rings (SSSR count). The molecule has 1 aromatic heterocycles. The molecule has 3 aromatic rings. The van der Waals surface area contributed by atoms with E-state index in [4.69, 9.17) is 4.74 Å². The van der Waals surface area contributed by atoms with E-state index >= 15 is 0 Å². The molecular formula is C22H26FN5O5S. The van der Waals surface area contributed by atoms with E-state index in [0.717, 1.165) is 11.3 Å². The lowest BCUT2D eigenvalue weighted by molar-refractivity contribution is -0.129. The van der Waals surface area contributed by atoms with E-state index in [1.807, 2.05) is 13.8 Å². The number of thiazole rings is 1. The van der Waals surface area contributed by atoms with Gasteiger partial charge >= 0.3 is 12.1 Å². The summed E-state index contributed by atoms with van der Waals surface area (Å²) in [5.74, 6) is -1.04. The van der Waals surface area contributed by atoms with Gasteiger partial charge in [0.25, 0.3) is 5.91 Å². The second-order valence-corrected chi connectivity index (χ2v) is 7.44. The lowest BCUT2D eigenvalue weighted by Crippen LogP contribution is -2.29. The number of halogens is 1. The van der Waals surface area contributed by atoms with Crippen molar-refractivity contribution in [1.82, 2.24) is 15.6 Å². The number of anilines is 2. The SMILES string of the molecule is CC.CCNC(=O)C(O)c1cc(OC(=O)NC)c2nc(NC(=O)Nc3ccc(F)cc3)sc2c1. The Labute approximate surface area is 199 Å². The van der Waals surface area contributed by atoms with Gasteiger partial charge in [-0.05, 0) is 48.9 Å². The van der Waals surface area contributed by atoms with Gasteiger partial charge in [0, 0.05) is 19.3 Å². The van der Waals surface area contributed by atoms with E-state index in [1.54, 1.807) is 6.92 Å². The highest BCUT2D eigenvalue weighted by Gasteiger charge is 2.22. The van der Waals surface area contributed by atoms with Gasteiger partial charge < -0.3 is 25.8 Å². The van der Waals surface area contributed by atoms with Crippen molar-refractivity contribution in [3.05, 3.63) is 47.8 Å². The molecule has 0 fully saturated rings. The average molecular weight is 492 g/mol. The predicted octanol–water partition coefficient (Wildman–Crippen LogP) is 3.99. The third-order valence-corrected chi connectivity index (χ3v) is 5.04. The molecule has 0 aliphatic heterocycles. The number of aliphatic hydroxyl groups excluding tert-OH is 1. The number of rotatable bonds is 6. The first-order chi connectivity index (χ1) is 16.3. The Morgan fingerprint density at radius 1 is 1.15 bits per heavy atom. The molecule has 0 spiro atoms. The number of aromatic nitrogens is 1. The van der Waals surface area contributed by atoms with Crippen LogP contribution in [0, 0.1) is 5.82 Å². The topological polar surface area (TPSA) is 142 Å². The van der Waals surface area contributed by atoms with Gasteiger partial charge in [-0.1, -0.05) is 25.2 Å². The number of hydrogen-bond donors (Lipinski definition) is 5. The number of fused-ring (bicyclic) bond motifs is 1. The minimum absolute atomic E-state index is 0.00319. The van der Waals surface area contributed by atoms with Crippen molar-refractivity contribution < 1.29 is 28.6 Å². The minimum atomic E-state index is -1.49. The number of benzene rings is 2. The number of nitrogens with one attached hydrogen (secondary N) is 4. The van der Waals surface area contributed by atoms with Crippen molar-refractivity contribution in [2.75, 3.05) is 24.2 Å². The summed E-state index contributed by atoms with van der Waals surface area (Å²) in [4.78, 5) is 40.3. The molecule has 0 aliphatic carbocycles. The van der Waals surface area contributed by atoms with Gasteiger partial charge in [-0.2, -0.15) is 0 Å². The van der Waals surface area contributed by atoms with Gasteiger partial charge in [0.15, 0.2) is 17.0 Å². The van der Waals surface area contributed by atoms with Crippen molar-refractivity contribution in [1.29, 1.82) is 0 Å². The maximum Gasteiger partial charge on any atom is 0.412 e. The standard InChI is InChI=1S/C20H20FN5O5S.C2H6/c1-3-23-17(28)16(27)10-8-13(31-20(30)22-2)15-14(9-10)32-19(25-15)26-18(29)24-12-6-4-11(21)5-7-12;1-2/h4-9,16,27H,3H2,1-2H3,(H,22,30)(H,23,28)(H2,24,25,26,29);1-2H3. The van der Waals surface area contributed by atoms with Crippen LogP contribution in [0.25, 0.3) is 10.2 Å². The zero-order valence-corrected chi connectivity index (χ0v) is 19.9. The second kappa shape index (κ2) is 12.5. The van der Waals surface area contributed by atoms with Gasteiger partial charge in [-0.3, -0.25) is 10.1 Å². The molecule has 1 heterocycles. The highest BCUT2D eigenvalue weighted by Crippen LogP contribution is 2.36. The number of urea groups is 1. The third kappa shape index (κ3) is 6.86. The molecule has 10 nitrogen and oxygen atoms in total. The van der Waals surface area contributed by atoms with E-state index in [0.29, 0.717) is 16.9 Å². The minimum Gasteiger partial charge on any atom is -0.408 e. The zero-order valence-electron chi connectivity index (χ0n) is 19.1. The number of nitrogens with zero attached hydrogens (tertiary/aromatic N) is 1. The van der Waals surface area contributed by atoms with Crippen LogP contribution in [0.5, 0.6) is 5.75 Å². The van der Waals surface area contributed by atoms with E-state index in [-0.39, 0.29) is 22.0 Å². The zero-order chi connectivity index (χ0) is 25.3. The van der Waals surface area contributed by atoms with E-state index in [1.165, 1.54) is 43.4 Å². The molecule has 182 valence electrons. The molecule has 34 heavy (non-hydrogen) atoms. The number of amides is 4. The maximum absolute atomic E-state index is 13.0. The van der Waals surface area contributed by atoms with Crippen LogP contribution in [-0.4, -0.2) is 41.7 Å². The highest BCUT2D eigenvalue weighted by molar-refractivity contribution is 7.22. The Bertz CT molecular complexity index is 1150. The predicted molar refractivity (Wildman–Crippen MR) is 129 cm³/mol. The first kappa shape index (κ1) is 26.5. The molecule has 0 aliphatic rings. The molecule has 1 atom stereocenters. The second-order valence-electron chi connectivity index (χ2n) is 6.41. The Morgan fingerprint density at radius 3 is 2.44 bits per heavy atom. The molecule has 4 amide bonds. The van der Waals surface area contributed by atoms with Crippen LogP contribution in [0.2, 0.25) is 0 Å². The quantitative estimate of drug-likeness (QED) is 0.353. The average Bonchev–Trinajstić information content (AvgIpc) is 3.23. The van der Waals surface area contributed by atoms with Crippen LogP contribution in [-0.2, 0) is 4.79 Å². The molecule has 1 unspecified atom stereocenters. The fraction of sp³-hybridized carbons (Fsp3) is 0.273. The molecule has 0 saturated carbocycles. The molecular weight excluding hydrogens is 465 g/mol. The monoisotopic (exact) mass is 491 g/mol. The first-order valence-electron chi connectivity index (χ1n) is 10.4. The van der Waals surface area contributed by atoms with E-state index in [9.17, 15) is 23.9 Å². The van der Waals surface area contributed by atoms with Crippen LogP contribution < -0.4 is 26.0 Å². The number of carbonyl (C=O) groups excluding carboxylic acids is 3. The van der Waals surface area contributed by atoms with Crippen molar-refractivity contribution >= 4 is 50.4 Å². The summed E-state index contributed by atoms with van der Waals surface area (Å²) < 4.78 is 18.7. The lowest BCUT2D eigenvalue weighted by atomic mass is 10.1. The fourth-order valence-electron chi connectivity index (χ4n) is 2.67. The Balaban J connectivity index is 0.00000199. The van der Waals surface area contributed by atoms with Crippen LogP contribution in [0.15, 0.2) is 36.4 Å². The summed E-state index contributed by atoms with van der Waals surface area (Å²) in [5.41, 5.74) is 0.817. The summed E-state index contributed by atoms with van der Waals surface area (Å²) >= 11 is 1.05. The van der Waals surface area contributed by atoms with Crippen molar-refractivity contribution in [2.45, 2.75) is 26.9 Å². The Kier molecular flexibility index (Phi) is 9.71. The normalized spacial score (nSPS) is 11.0. The van der Waals surface area contributed by atoms with Gasteiger partial charge in [-0.15, -0.1) is 0 Å². The molecule has 2 aromatic carbocycles. The Morgan fingerprint density at radius 2 is 1.82 bits per heavy atom. The van der Waals surface area contributed by atoms with Crippen LogP contribution in [0.1, 0.15) is 32.4 Å². The number of hydrogen-bond acceptors (Lipinski definition) is 7. The van der Waals surface area contributed by atoms with Crippen LogP contribution in [0.4, 0.5) is 24.8 Å². The summed E-state index contributed by atoms with van der Waals surface area (Å²) in [7, 11) is 1.38. The molecule has 0 saturated heterocycles. The van der Waals surface area contributed by atoms with Crippen molar-refractivity contribution in [3.8, 4) is 5.75 Å². The maximum atomic E-state index is 13.0. The molecule has 12 heteroatoms. The molecule has 5 N–H and O–H groups in total. The largest absolute Gasteiger partial charge is 0.412 e. The summed E-state index contributed by atoms with van der Waals surface area (Å²) in [6, 6.07) is 7.45. The lowest BCUT2D eigenvalue weighted by Gasteiger charge is -2.12. The van der Waals surface area contributed by atoms with Crippen molar-refractivity contribution in [3.63, 3.8) is 0 Å². The van der Waals surface area contributed by atoms with Gasteiger partial charge in [0.05, 0.1) is 4.70 Å². The van der Waals surface area contributed by atoms with Crippen molar-refractivity contribution in [2.24, 2.45) is 0 Å². The molecule has 0 radical (unpaired) electrons. The van der Waals surface area contributed by atoms with Gasteiger partial charge in [0.2, 0.25) is 0 Å². The van der Waals surface area contributed by atoms with Crippen LogP contribution in [0.3, 0.4) is 0 Å². The molecule has 0 bridgehead atoms. The number of ether oxygens (including phenoxy) is 1. The first-order valence-corrected chi connectivity index (χ1v) is 11.3. The van der Waals surface area contributed by atoms with E-state index in [2.05, 4.69) is 26.3 Å². The highest BCUT2D eigenvalue weighted by atomic mass is 32.1. The number of likely N-dealkylation sites (N-methyl/N-ethyl adjacent to an activating group) is 1. The number of carbonyl (C=O) groups is 3. The van der Waals surface area contributed by atoms with Crippen LogP contribution >= 0.6 is 11.3 Å². The number of aliphatic hydroxyl groups is 1. The smallest absolute Gasteiger partial charge is 0.408 e. The summed E-state index contributed by atoms with van der Waals surface area (Å²) in [5, 5.41) is 20.4. The summed E-state index contributed by atoms with van der Waals surface area (Å²) in [6.07, 6.45) is -2.26. The van der Waals surface area contributed by atoms with Gasteiger partial charge in [-0.25, -0.2) is 19.0 Å².